The number of unbranched alkanes of at least 4 members (excludes halogenated alkanes) is 13. The summed E-state index contributed by atoms with van der Waals surface area (Å²) in [5.41, 5.74) is 0. The molecule has 2 nitrogen and oxygen atoms in total. The Kier molecular flexibility index (Phi) is 23.8. The van der Waals surface area contributed by atoms with Gasteiger partial charge >= 0.3 is 37.7 Å². The summed E-state index contributed by atoms with van der Waals surface area (Å²) >= 11 is 0. The Hall–Kier alpha value is 1.24. The minimum absolute atomic E-state index is 0. The molecule has 0 aliphatic carbocycles. The Morgan fingerprint density at radius 2 is 0.850 bits per heavy atom. The third kappa shape index (κ3) is 21.5. The van der Waals surface area contributed by atoms with Gasteiger partial charge in [0, 0.05) is 0 Å². The summed E-state index contributed by atoms with van der Waals surface area (Å²) in [4.78, 5) is 0. The summed E-state index contributed by atoms with van der Waals surface area (Å²) in [6.07, 6.45) is 18.6. The van der Waals surface area contributed by atoms with Crippen LogP contribution in [0.3, 0.4) is 0 Å². The molecule has 0 fully saturated rings. The van der Waals surface area contributed by atoms with E-state index in [1.54, 1.807) is 0 Å². The van der Waals surface area contributed by atoms with E-state index < -0.39 is 7.12 Å². The third-order valence-electron chi connectivity index (χ3n) is 3.79. The predicted molar refractivity (Wildman–Crippen MR) is 86.6 cm³/mol. The quantitative estimate of drug-likeness (QED) is 0.344. The largest absolute Gasteiger partial charge is 2.00 e. The molecule has 0 aromatic heterocycles. The van der Waals surface area contributed by atoms with Gasteiger partial charge in [-0.15, -0.1) is 13.4 Å². The van der Waals surface area contributed by atoms with Crippen molar-refractivity contribution in [1.29, 1.82) is 0 Å². The van der Waals surface area contributed by atoms with Gasteiger partial charge < -0.3 is 10.0 Å². The van der Waals surface area contributed by atoms with Crippen molar-refractivity contribution >= 4 is 44.9 Å². The monoisotopic (exact) mass is 308 g/mol. The first-order valence-corrected chi connectivity index (χ1v) is 8.59. The second-order valence-corrected chi connectivity index (χ2v) is 5.81. The fraction of sp³-hybridized carbons (Fsp3) is 1.00. The summed E-state index contributed by atoms with van der Waals surface area (Å²) in [7, 11) is -1.60. The molecular weight excluding hydrogens is 275 g/mol. The van der Waals surface area contributed by atoms with Crippen LogP contribution >= 0.6 is 0 Å². The Balaban J connectivity index is 0. The van der Waals surface area contributed by atoms with Crippen molar-refractivity contribution in [2.24, 2.45) is 0 Å². The molecule has 20 heavy (non-hydrogen) atoms. The molecule has 0 unspecified atom stereocenters. The van der Waals surface area contributed by atoms with E-state index in [9.17, 15) is 10.0 Å². The van der Waals surface area contributed by atoms with E-state index >= 15 is 0 Å². The summed E-state index contributed by atoms with van der Waals surface area (Å²) in [5.74, 6) is 0. The zero-order valence-corrected chi connectivity index (χ0v) is 15.9. The molecule has 0 aliphatic rings. The van der Waals surface area contributed by atoms with E-state index in [2.05, 4.69) is 6.92 Å². The van der Waals surface area contributed by atoms with Crippen molar-refractivity contribution in [2.75, 3.05) is 0 Å². The molecule has 0 rings (SSSR count). The standard InChI is InChI=1S/C16H33BO2.Ca/c1-2-3-4-5-6-7-8-9-10-11-12-13-14-15-16-17(18)19;/h2-16H2,1H3;/q-2;+2. The molecule has 0 heterocycles. The van der Waals surface area contributed by atoms with Crippen LogP contribution in [0.1, 0.15) is 96.8 Å². The van der Waals surface area contributed by atoms with Crippen molar-refractivity contribution in [3.05, 3.63) is 0 Å². The minimum atomic E-state index is -1.60. The Morgan fingerprint density at radius 3 is 1.15 bits per heavy atom. The van der Waals surface area contributed by atoms with Crippen molar-refractivity contribution < 1.29 is 10.0 Å². The molecule has 0 radical (unpaired) electrons. The van der Waals surface area contributed by atoms with Gasteiger partial charge in [0.1, 0.15) is 0 Å². The first-order chi connectivity index (χ1) is 9.27. The van der Waals surface area contributed by atoms with Crippen LogP contribution in [0.25, 0.3) is 0 Å². The van der Waals surface area contributed by atoms with Gasteiger partial charge in [-0.25, -0.2) is 0 Å². The fourth-order valence-corrected chi connectivity index (χ4v) is 2.51. The predicted octanol–water partition coefficient (Wildman–Crippen LogP) is 3.30. The van der Waals surface area contributed by atoms with E-state index in [1.165, 1.54) is 77.0 Å². The van der Waals surface area contributed by atoms with Crippen LogP contribution in [0.4, 0.5) is 0 Å². The van der Waals surface area contributed by atoms with Crippen LogP contribution in [0.2, 0.25) is 6.32 Å². The maximum atomic E-state index is 10.3. The Labute approximate surface area is 157 Å². The van der Waals surface area contributed by atoms with Crippen molar-refractivity contribution in [3.63, 3.8) is 0 Å². The molecule has 0 aromatic carbocycles. The normalized spacial score (nSPS) is 10.3. The van der Waals surface area contributed by atoms with Gasteiger partial charge in [0.05, 0.1) is 0 Å². The zero-order valence-electron chi connectivity index (χ0n) is 13.7. The molecule has 0 saturated heterocycles. The van der Waals surface area contributed by atoms with Gasteiger partial charge in [0.2, 0.25) is 0 Å². The van der Waals surface area contributed by atoms with Crippen LogP contribution in [-0.4, -0.2) is 44.9 Å². The first-order valence-electron chi connectivity index (χ1n) is 8.59. The second-order valence-electron chi connectivity index (χ2n) is 5.81. The van der Waals surface area contributed by atoms with Crippen LogP contribution in [0.15, 0.2) is 0 Å². The van der Waals surface area contributed by atoms with Crippen LogP contribution in [-0.2, 0) is 0 Å². The van der Waals surface area contributed by atoms with Crippen LogP contribution < -0.4 is 10.0 Å². The minimum Gasteiger partial charge on any atom is -0.893 e. The van der Waals surface area contributed by atoms with Crippen molar-refractivity contribution in [1.82, 2.24) is 0 Å². The average molecular weight is 308 g/mol. The Morgan fingerprint density at radius 1 is 0.550 bits per heavy atom. The maximum Gasteiger partial charge on any atom is 2.00 e. The van der Waals surface area contributed by atoms with Gasteiger partial charge in [0.15, 0.2) is 0 Å². The third-order valence-corrected chi connectivity index (χ3v) is 3.79. The molecule has 0 atom stereocenters. The maximum absolute atomic E-state index is 10.3. The molecule has 0 N–H and O–H groups in total. The van der Waals surface area contributed by atoms with E-state index in [-0.39, 0.29) is 37.7 Å². The number of hydrogen-bond donors (Lipinski definition) is 0. The van der Waals surface area contributed by atoms with E-state index in [0.29, 0.717) is 6.32 Å². The van der Waals surface area contributed by atoms with Crippen LogP contribution in [0, 0.1) is 0 Å². The fourth-order valence-electron chi connectivity index (χ4n) is 2.51. The van der Waals surface area contributed by atoms with E-state index in [0.717, 1.165) is 12.8 Å². The summed E-state index contributed by atoms with van der Waals surface area (Å²) in [5, 5.41) is 20.6. The van der Waals surface area contributed by atoms with Gasteiger partial charge in [-0.2, -0.15) is 0 Å². The molecule has 4 heteroatoms. The smallest absolute Gasteiger partial charge is 0.893 e. The number of hydrogen-bond acceptors (Lipinski definition) is 2. The summed E-state index contributed by atoms with van der Waals surface area (Å²) in [6.45, 7) is 2.26. The summed E-state index contributed by atoms with van der Waals surface area (Å²) in [6, 6.07) is 0. The van der Waals surface area contributed by atoms with Gasteiger partial charge in [-0.3, -0.25) is 0 Å². The first kappa shape index (κ1) is 23.5. The van der Waals surface area contributed by atoms with Gasteiger partial charge in [-0.05, 0) is 0 Å². The van der Waals surface area contributed by atoms with Crippen molar-refractivity contribution in [2.45, 2.75) is 103 Å². The van der Waals surface area contributed by atoms with Gasteiger partial charge in [0.25, 0.3) is 0 Å². The molecular formula is C16H33BCaO2. The van der Waals surface area contributed by atoms with E-state index in [4.69, 9.17) is 0 Å². The SMILES string of the molecule is CCCCCCCCCCCCCCCCB([O-])[O-].[Ca+2]. The molecule has 0 aromatic rings. The topological polar surface area (TPSA) is 46.1 Å². The molecule has 0 amide bonds. The zero-order chi connectivity index (χ0) is 14.2. The summed E-state index contributed by atoms with van der Waals surface area (Å²) < 4.78 is 0. The molecule has 0 saturated carbocycles. The van der Waals surface area contributed by atoms with E-state index in [1.807, 2.05) is 0 Å². The Bertz CT molecular complexity index is 169. The van der Waals surface area contributed by atoms with Crippen LogP contribution in [0.5, 0.6) is 0 Å². The second kappa shape index (κ2) is 20.2. The molecule has 0 bridgehead atoms. The number of rotatable bonds is 15. The molecule has 0 spiro atoms. The van der Waals surface area contributed by atoms with Crippen molar-refractivity contribution in [3.8, 4) is 0 Å². The molecule has 114 valence electrons. The molecule has 0 aliphatic heterocycles. The van der Waals surface area contributed by atoms with Gasteiger partial charge in [-0.1, -0.05) is 96.8 Å². The average Bonchev–Trinajstić information content (AvgIpc) is 2.39.